The minimum atomic E-state index is -0.985. The molecule has 7 heteroatoms. The SMILES string of the molecule is CCOc1ccc(C(=O)OC(C)C(=O)Nc2cccc(OC)c2)cc1OC. The van der Waals surface area contributed by atoms with Gasteiger partial charge in [0.2, 0.25) is 0 Å². The Morgan fingerprint density at radius 3 is 2.48 bits per heavy atom. The number of benzene rings is 2. The molecule has 0 bridgehead atoms. The third-order valence-electron chi connectivity index (χ3n) is 3.69. The summed E-state index contributed by atoms with van der Waals surface area (Å²) in [4.78, 5) is 24.6. The fourth-order valence-electron chi connectivity index (χ4n) is 2.30. The van der Waals surface area contributed by atoms with Gasteiger partial charge < -0.3 is 24.3 Å². The van der Waals surface area contributed by atoms with E-state index in [1.807, 2.05) is 6.92 Å². The summed E-state index contributed by atoms with van der Waals surface area (Å²) in [5.41, 5.74) is 0.807. The number of esters is 1. The van der Waals surface area contributed by atoms with E-state index < -0.39 is 18.0 Å². The molecule has 1 N–H and O–H groups in total. The van der Waals surface area contributed by atoms with Crippen LogP contribution in [0, 0.1) is 0 Å². The average molecular weight is 373 g/mol. The number of amides is 1. The topological polar surface area (TPSA) is 83.1 Å². The lowest BCUT2D eigenvalue weighted by Crippen LogP contribution is -2.30. The van der Waals surface area contributed by atoms with E-state index in [1.54, 1.807) is 36.4 Å². The van der Waals surface area contributed by atoms with Gasteiger partial charge in [0.25, 0.3) is 5.91 Å². The van der Waals surface area contributed by atoms with Crippen molar-refractivity contribution in [2.24, 2.45) is 0 Å². The minimum absolute atomic E-state index is 0.260. The van der Waals surface area contributed by atoms with Crippen LogP contribution in [0.3, 0.4) is 0 Å². The van der Waals surface area contributed by atoms with Gasteiger partial charge in [0.05, 0.1) is 26.4 Å². The number of carbonyl (C=O) groups excluding carboxylic acids is 2. The minimum Gasteiger partial charge on any atom is -0.497 e. The summed E-state index contributed by atoms with van der Waals surface area (Å²) < 4.78 is 21.0. The molecule has 0 aliphatic carbocycles. The van der Waals surface area contributed by atoms with Gasteiger partial charge in [-0.3, -0.25) is 4.79 Å². The zero-order chi connectivity index (χ0) is 19.8. The van der Waals surface area contributed by atoms with Crippen LogP contribution in [0.25, 0.3) is 0 Å². The Morgan fingerprint density at radius 1 is 1.04 bits per heavy atom. The second-order valence-electron chi connectivity index (χ2n) is 5.57. The van der Waals surface area contributed by atoms with E-state index in [0.717, 1.165) is 0 Å². The molecule has 7 nitrogen and oxygen atoms in total. The molecule has 0 fully saturated rings. The summed E-state index contributed by atoms with van der Waals surface area (Å²) in [6.07, 6.45) is -0.985. The van der Waals surface area contributed by atoms with E-state index in [1.165, 1.54) is 27.2 Å². The molecule has 144 valence electrons. The molecule has 0 saturated carbocycles. The molecule has 27 heavy (non-hydrogen) atoms. The number of carbonyl (C=O) groups is 2. The van der Waals surface area contributed by atoms with Crippen LogP contribution >= 0.6 is 0 Å². The summed E-state index contributed by atoms with van der Waals surface area (Å²) in [6, 6.07) is 11.6. The van der Waals surface area contributed by atoms with Gasteiger partial charge in [0.1, 0.15) is 5.75 Å². The van der Waals surface area contributed by atoms with Crippen LogP contribution < -0.4 is 19.5 Å². The first kappa shape index (κ1) is 20.1. The zero-order valence-electron chi connectivity index (χ0n) is 15.8. The molecule has 0 aliphatic heterocycles. The largest absolute Gasteiger partial charge is 0.497 e. The molecule has 0 aromatic heterocycles. The zero-order valence-corrected chi connectivity index (χ0v) is 15.8. The molecule has 0 spiro atoms. The number of ether oxygens (including phenoxy) is 4. The van der Waals surface area contributed by atoms with E-state index in [2.05, 4.69) is 5.32 Å². The number of hydrogen-bond donors (Lipinski definition) is 1. The van der Waals surface area contributed by atoms with Crippen LogP contribution in [0.15, 0.2) is 42.5 Å². The normalized spacial score (nSPS) is 11.3. The van der Waals surface area contributed by atoms with Crippen LogP contribution in [0.4, 0.5) is 5.69 Å². The van der Waals surface area contributed by atoms with Gasteiger partial charge >= 0.3 is 5.97 Å². The first-order valence-electron chi connectivity index (χ1n) is 8.45. The van der Waals surface area contributed by atoms with Crippen LogP contribution in [0.5, 0.6) is 17.2 Å². The Morgan fingerprint density at radius 2 is 1.81 bits per heavy atom. The molecule has 1 atom stereocenters. The highest BCUT2D eigenvalue weighted by molar-refractivity contribution is 5.97. The Kier molecular flexibility index (Phi) is 7.05. The van der Waals surface area contributed by atoms with Gasteiger partial charge in [0, 0.05) is 11.8 Å². The molecular formula is C20H23NO6. The molecule has 1 unspecified atom stereocenters. The number of hydrogen-bond acceptors (Lipinski definition) is 6. The second-order valence-corrected chi connectivity index (χ2v) is 5.57. The van der Waals surface area contributed by atoms with Crippen molar-refractivity contribution in [3.63, 3.8) is 0 Å². The highest BCUT2D eigenvalue weighted by atomic mass is 16.5. The van der Waals surface area contributed by atoms with Crippen LogP contribution in [0.1, 0.15) is 24.2 Å². The quantitative estimate of drug-likeness (QED) is 0.715. The van der Waals surface area contributed by atoms with Crippen molar-refractivity contribution in [1.29, 1.82) is 0 Å². The van der Waals surface area contributed by atoms with Crippen LogP contribution in [-0.2, 0) is 9.53 Å². The lowest BCUT2D eigenvalue weighted by atomic mass is 10.2. The van der Waals surface area contributed by atoms with Gasteiger partial charge in [-0.2, -0.15) is 0 Å². The molecule has 1 amide bonds. The van der Waals surface area contributed by atoms with E-state index >= 15 is 0 Å². The lowest BCUT2D eigenvalue weighted by Gasteiger charge is -2.15. The molecule has 0 aliphatic rings. The Hall–Kier alpha value is -3.22. The van der Waals surface area contributed by atoms with Gasteiger partial charge in [0.15, 0.2) is 17.6 Å². The van der Waals surface area contributed by atoms with Crippen molar-refractivity contribution in [2.45, 2.75) is 20.0 Å². The predicted octanol–water partition coefficient (Wildman–Crippen LogP) is 3.29. The van der Waals surface area contributed by atoms with Crippen molar-refractivity contribution in [3.05, 3.63) is 48.0 Å². The van der Waals surface area contributed by atoms with Crippen LogP contribution in [0.2, 0.25) is 0 Å². The third-order valence-corrected chi connectivity index (χ3v) is 3.69. The molecule has 2 rings (SSSR count). The van der Waals surface area contributed by atoms with Crippen molar-refractivity contribution >= 4 is 17.6 Å². The van der Waals surface area contributed by atoms with E-state index in [4.69, 9.17) is 18.9 Å². The molecule has 2 aromatic carbocycles. The highest BCUT2D eigenvalue weighted by Gasteiger charge is 2.20. The average Bonchev–Trinajstić information content (AvgIpc) is 2.68. The maximum Gasteiger partial charge on any atom is 0.339 e. The molecular weight excluding hydrogens is 350 g/mol. The van der Waals surface area contributed by atoms with Crippen molar-refractivity contribution in [1.82, 2.24) is 0 Å². The summed E-state index contributed by atoms with van der Waals surface area (Å²) >= 11 is 0. The summed E-state index contributed by atoms with van der Waals surface area (Å²) in [6.45, 7) is 3.82. The Balaban J connectivity index is 2.02. The van der Waals surface area contributed by atoms with E-state index in [9.17, 15) is 9.59 Å². The second kappa shape index (κ2) is 9.47. The number of anilines is 1. The standard InChI is InChI=1S/C20H23NO6/c1-5-26-17-10-9-14(11-18(17)25-4)20(23)27-13(2)19(22)21-15-7-6-8-16(12-15)24-3/h6-13H,5H2,1-4H3,(H,21,22). The van der Waals surface area contributed by atoms with E-state index in [-0.39, 0.29) is 5.56 Å². The van der Waals surface area contributed by atoms with Gasteiger partial charge in [-0.15, -0.1) is 0 Å². The van der Waals surface area contributed by atoms with Crippen molar-refractivity contribution in [3.8, 4) is 17.2 Å². The monoisotopic (exact) mass is 373 g/mol. The maximum absolute atomic E-state index is 12.3. The number of rotatable bonds is 8. The van der Waals surface area contributed by atoms with Crippen LogP contribution in [-0.4, -0.2) is 38.8 Å². The Bertz CT molecular complexity index is 805. The lowest BCUT2D eigenvalue weighted by molar-refractivity contribution is -0.123. The third kappa shape index (κ3) is 5.37. The fourth-order valence-corrected chi connectivity index (χ4v) is 2.30. The fraction of sp³-hybridized carbons (Fsp3) is 0.300. The summed E-state index contributed by atoms with van der Waals surface area (Å²) in [7, 11) is 3.02. The predicted molar refractivity (Wildman–Crippen MR) is 101 cm³/mol. The summed E-state index contributed by atoms with van der Waals surface area (Å²) in [5, 5.41) is 2.68. The maximum atomic E-state index is 12.3. The van der Waals surface area contributed by atoms with E-state index in [0.29, 0.717) is 29.5 Å². The van der Waals surface area contributed by atoms with Gasteiger partial charge in [-0.05, 0) is 44.2 Å². The van der Waals surface area contributed by atoms with Gasteiger partial charge in [-0.1, -0.05) is 6.07 Å². The first-order valence-corrected chi connectivity index (χ1v) is 8.45. The number of methoxy groups -OCH3 is 2. The summed E-state index contributed by atoms with van der Waals surface area (Å²) in [5.74, 6) is 0.471. The van der Waals surface area contributed by atoms with Crippen molar-refractivity contribution in [2.75, 3.05) is 26.1 Å². The van der Waals surface area contributed by atoms with Gasteiger partial charge in [-0.25, -0.2) is 4.79 Å². The smallest absolute Gasteiger partial charge is 0.339 e. The number of nitrogens with one attached hydrogen (secondary N) is 1. The molecule has 2 aromatic rings. The van der Waals surface area contributed by atoms with Crippen molar-refractivity contribution < 1.29 is 28.5 Å². The molecule has 0 saturated heterocycles. The molecule has 0 heterocycles. The molecule has 0 radical (unpaired) electrons. The Labute approximate surface area is 158 Å². The first-order chi connectivity index (χ1) is 13.0. The highest BCUT2D eigenvalue weighted by Crippen LogP contribution is 2.28.